The Morgan fingerprint density at radius 1 is 1.10 bits per heavy atom. The number of aromatic nitrogens is 1. The van der Waals surface area contributed by atoms with Crippen LogP contribution >= 0.6 is 0 Å². The van der Waals surface area contributed by atoms with Crippen LogP contribution in [0.2, 0.25) is 0 Å². The quantitative estimate of drug-likeness (QED) is 0.596. The second kappa shape index (κ2) is 8.33. The van der Waals surface area contributed by atoms with Gasteiger partial charge in [-0.25, -0.2) is 0 Å². The molecule has 156 valence electrons. The molecule has 1 fully saturated rings. The van der Waals surface area contributed by atoms with Crippen LogP contribution < -0.4 is 5.32 Å². The molecule has 0 saturated heterocycles. The molecular weight excluding hydrogens is 368 g/mol. The van der Waals surface area contributed by atoms with Crippen LogP contribution in [0.25, 0.3) is 22.4 Å². The Balaban J connectivity index is 1.80. The van der Waals surface area contributed by atoms with Gasteiger partial charge in [0.1, 0.15) is 0 Å². The van der Waals surface area contributed by atoms with E-state index in [0.29, 0.717) is 11.8 Å². The molecule has 1 aliphatic rings. The number of nitrogens with one attached hydrogen (secondary N) is 1. The van der Waals surface area contributed by atoms with Crippen molar-refractivity contribution in [3.8, 4) is 22.4 Å². The van der Waals surface area contributed by atoms with Gasteiger partial charge in [0.05, 0.1) is 12.3 Å². The molecule has 1 heterocycles. The van der Waals surface area contributed by atoms with E-state index in [1.165, 1.54) is 27.8 Å². The van der Waals surface area contributed by atoms with Crippen molar-refractivity contribution in [3.63, 3.8) is 0 Å². The van der Waals surface area contributed by atoms with Gasteiger partial charge in [0.25, 0.3) is 0 Å². The van der Waals surface area contributed by atoms with Crippen LogP contribution in [0.5, 0.6) is 0 Å². The maximum atomic E-state index is 9.93. The minimum atomic E-state index is -0.00660. The Kier molecular flexibility index (Phi) is 5.77. The zero-order valence-corrected chi connectivity index (χ0v) is 18.4. The number of pyridine rings is 1. The van der Waals surface area contributed by atoms with E-state index >= 15 is 0 Å². The normalized spacial score (nSPS) is 24.3. The fourth-order valence-corrected chi connectivity index (χ4v) is 5.36. The van der Waals surface area contributed by atoms with Gasteiger partial charge in [-0.3, -0.25) is 4.98 Å². The van der Waals surface area contributed by atoms with E-state index < -0.39 is 0 Å². The maximum absolute atomic E-state index is 9.93. The number of rotatable bonds is 6. The van der Waals surface area contributed by atoms with Gasteiger partial charge in [-0.1, -0.05) is 62.4 Å². The van der Waals surface area contributed by atoms with E-state index in [0.717, 1.165) is 12.1 Å². The van der Waals surface area contributed by atoms with Crippen LogP contribution in [0.3, 0.4) is 0 Å². The summed E-state index contributed by atoms with van der Waals surface area (Å²) in [6, 6.07) is 21.6. The van der Waals surface area contributed by atoms with Crippen LogP contribution in [0, 0.1) is 18.8 Å². The largest absolute Gasteiger partial charge is 0.395 e. The second-order valence-corrected chi connectivity index (χ2v) is 8.89. The number of aliphatic hydroxyl groups is 1. The molecular formula is C27H32N2O. The van der Waals surface area contributed by atoms with Gasteiger partial charge in [-0.2, -0.15) is 0 Å². The number of hydrogen-bond acceptors (Lipinski definition) is 3. The molecule has 1 saturated carbocycles. The Hall–Kier alpha value is -2.49. The molecule has 1 aromatic heterocycles. The van der Waals surface area contributed by atoms with E-state index in [1.807, 2.05) is 13.2 Å². The van der Waals surface area contributed by atoms with Gasteiger partial charge >= 0.3 is 0 Å². The van der Waals surface area contributed by atoms with Gasteiger partial charge < -0.3 is 10.4 Å². The summed E-state index contributed by atoms with van der Waals surface area (Å²) in [5.74, 6) is 0.939. The van der Waals surface area contributed by atoms with Gasteiger partial charge in [0, 0.05) is 23.2 Å². The molecule has 2 N–H and O–H groups in total. The number of likely N-dealkylation sites (N-methyl/N-ethyl adjacent to an activating group) is 1. The molecule has 0 bridgehead atoms. The van der Waals surface area contributed by atoms with Gasteiger partial charge in [0.2, 0.25) is 0 Å². The van der Waals surface area contributed by atoms with Crippen LogP contribution in [-0.2, 0) is 5.41 Å². The topological polar surface area (TPSA) is 45.1 Å². The lowest BCUT2D eigenvalue weighted by atomic mass is 9.49. The molecule has 0 amide bonds. The Labute approximate surface area is 180 Å². The second-order valence-electron chi connectivity index (χ2n) is 8.89. The standard InChI is InChI=1S/C27H32N2O/c1-18-9-5-6-10-21(18)20-13-14-29-25(16-20)22-11-7-8-12-23(22)27(3)19(2)15-24(27)26(17-30)28-4/h5-14,16,19,24,26,28,30H,15,17H2,1-4H3. The first-order valence-electron chi connectivity index (χ1n) is 10.9. The summed E-state index contributed by atoms with van der Waals surface area (Å²) in [4.78, 5) is 4.77. The van der Waals surface area contributed by atoms with Crippen LogP contribution in [-0.4, -0.2) is 29.8 Å². The fourth-order valence-electron chi connectivity index (χ4n) is 5.36. The highest BCUT2D eigenvalue weighted by Crippen LogP contribution is 2.56. The predicted octanol–water partition coefficient (Wildman–Crippen LogP) is 5.22. The highest BCUT2D eigenvalue weighted by atomic mass is 16.3. The van der Waals surface area contributed by atoms with Crippen LogP contribution in [0.15, 0.2) is 66.9 Å². The molecule has 2 aromatic carbocycles. The highest BCUT2D eigenvalue weighted by molar-refractivity contribution is 5.74. The molecule has 1 aliphatic carbocycles. The van der Waals surface area contributed by atoms with Crippen molar-refractivity contribution in [1.29, 1.82) is 0 Å². The van der Waals surface area contributed by atoms with E-state index in [2.05, 4.69) is 86.8 Å². The third kappa shape index (κ3) is 3.36. The fraction of sp³-hybridized carbons (Fsp3) is 0.370. The molecule has 3 nitrogen and oxygen atoms in total. The Bertz CT molecular complexity index is 1030. The van der Waals surface area contributed by atoms with E-state index in [9.17, 15) is 5.11 Å². The summed E-state index contributed by atoms with van der Waals surface area (Å²) in [6.45, 7) is 6.99. The highest BCUT2D eigenvalue weighted by Gasteiger charge is 2.53. The first-order chi connectivity index (χ1) is 14.5. The molecule has 30 heavy (non-hydrogen) atoms. The van der Waals surface area contributed by atoms with E-state index in [4.69, 9.17) is 4.98 Å². The molecule has 4 atom stereocenters. The van der Waals surface area contributed by atoms with Gasteiger partial charge in [-0.15, -0.1) is 0 Å². The summed E-state index contributed by atoms with van der Waals surface area (Å²) in [7, 11) is 1.95. The number of nitrogens with zero attached hydrogens (tertiary/aromatic N) is 1. The maximum Gasteiger partial charge on any atom is 0.0711 e. The van der Waals surface area contributed by atoms with Crippen molar-refractivity contribution >= 4 is 0 Å². The smallest absolute Gasteiger partial charge is 0.0711 e. The first-order valence-corrected chi connectivity index (χ1v) is 10.9. The monoisotopic (exact) mass is 400 g/mol. The first kappa shape index (κ1) is 20.8. The summed E-state index contributed by atoms with van der Waals surface area (Å²) in [5, 5.41) is 13.3. The minimum absolute atomic E-state index is 0.00660. The molecule has 4 rings (SSSR count). The predicted molar refractivity (Wildman–Crippen MR) is 124 cm³/mol. The Morgan fingerprint density at radius 2 is 1.80 bits per heavy atom. The van der Waals surface area contributed by atoms with Crippen LogP contribution in [0.4, 0.5) is 0 Å². The zero-order chi connectivity index (χ0) is 21.3. The molecule has 0 spiro atoms. The number of aliphatic hydroxyl groups excluding tert-OH is 1. The van der Waals surface area contributed by atoms with Gasteiger partial charge in [0.15, 0.2) is 0 Å². The Morgan fingerprint density at radius 3 is 2.47 bits per heavy atom. The van der Waals surface area contributed by atoms with Crippen molar-refractivity contribution < 1.29 is 5.11 Å². The molecule has 0 aliphatic heterocycles. The SMILES string of the molecule is CNC(CO)C1CC(C)C1(C)c1ccccc1-c1cc(-c2ccccc2C)ccn1. The molecule has 0 radical (unpaired) electrons. The van der Waals surface area contributed by atoms with Crippen molar-refractivity contribution in [2.45, 2.75) is 38.6 Å². The lowest BCUT2D eigenvalue weighted by molar-refractivity contribution is 0.00865. The zero-order valence-electron chi connectivity index (χ0n) is 18.4. The average molecular weight is 401 g/mol. The lowest BCUT2D eigenvalue weighted by Gasteiger charge is -2.56. The minimum Gasteiger partial charge on any atom is -0.395 e. The lowest BCUT2D eigenvalue weighted by Crippen LogP contribution is -2.58. The molecule has 4 unspecified atom stereocenters. The number of aryl methyl sites for hydroxylation is 1. The van der Waals surface area contributed by atoms with E-state index in [-0.39, 0.29) is 18.1 Å². The molecule has 3 heteroatoms. The number of hydrogen-bond donors (Lipinski definition) is 2. The van der Waals surface area contributed by atoms with Crippen molar-refractivity contribution in [3.05, 3.63) is 78.0 Å². The van der Waals surface area contributed by atoms with Gasteiger partial charge in [-0.05, 0) is 66.6 Å². The van der Waals surface area contributed by atoms with Crippen molar-refractivity contribution in [2.24, 2.45) is 11.8 Å². The van der Waals surface area contributed by atoms with Crippen molar-refractivity contribution in [2.75, 3.05) is 13.7 Å². The third-order valence-electron chi connectivity index (χ3n) is 7.45. The molecule has 3 aromatic rings. The summed E-state index contributed by atoms with van der Waals surface area (Å²) in [6.07, 6.45) is 3.04. The average Bonchev–Trinajstić information content (AvgIpc) is 2.79. The summed E-state index contributed by atoms with van der Waals surface area (Å²) in [5.41, 5.74) is 7.23. The van der Waals surface area contributed by atoms with Crippen LogP contribution in [0.1, 0.15) is 31.4 Å². The number of benzene rings is 2. The van der Waals surface area contributed by atoms with Crippen molar-refractivity contribution in [1.82, 2.24) is 10.3 Å². The third-order valence-corrected chi connectivity index (χ3v) is 7.45. The summed E-state index contributed by atoms with van der Waals surface area (Å²) < 4.78 is 0. The van der Waals surface area contributed by atoms with E-state index in [1.54, 1.807) is 0 Å². The summed E-state index contributed by atoms with van der Waals surface area (Å²) >= 11 is 0.